The zero-order valence-corrected chi connectivity index (χ0v) is 15.8. The molecule has 5 nitrogen and oxygen atoms in total. The molecule has 1 aliphatic rings. The Morgan fingerprint density at radius 2 is 2.24 bits per heavy atom. The summed E-state index contributed by atoms with van der Waals surface area (Å²) >= 11 is 5.60. The largest absolute Gasteiger partial charge is 0.492 e. The van der Waals surface area contributed by atoms with Crippen LogP contribution in [0, 0.1) is 11.7 Å². The van der Waals surface area contributed by atoms with Crippen molar-refractivity contribution in [2.45, 2.75) is 38.9 Å². The van der Waals surface area contributed by atoms with E-state index >= 15 is 0 Å². The molecule has 6 heteroatoms. The van der Waals surface area contributed by atoms with Gasteiger partial charge in [0.1, 0.15) is 18.2 Å². The molecule has 1 aromatic heterocycles. The van der Waals surface area contributed by atoms with Gasteiger partial charge in [0.2, 0.25) is 0 Å². The van der Waals surface area contributed by atoms with E-state index in [-0.39, 0.29) is 0 Å². The number of hydrogen-bond acceptors (Lipinski definition) is 4. The molecule has 0 amide bonds. The van der Waals surface area contributed by atoms with Crippen LogP contribution in [-0.4, -0.2) is 39.4 Å². The van der Waals surface area contributed by atoms with E-state index in [9.17, 15) is 0 Å². The molecule has 1 aliphatic carbocycles. The van der Waals surface area contributed by atoms with Crippen LogP contribution >= 0.6 is 12.2 Å². The number of ether oxygens (including phenoxy) is 1. The van der Waals surface area contributed by atoms with E-state index in [0.717, 1.165) is 29.4 Å². The van der Waals surface area contributed by atoms with Gasteiger partial charge in [-0.05, 0) is 56.7 Å². The van der Waals surface area contributed by atoms with Crippen molar-refractivity contribution in [3.05, 3.63) is 53.1 Å². The summed E-state index contributed by atoms with van der Waals surface area (Å²) in [5, 5.41) is 4.75. The SMILES string of the molecule is C=CCn1c(C2CC2)nn(CN(C)CCOc2cccc(C)c2)c1=S. The minimum absolute atomic E-state index is 0.567. The van der Waals surface area contributed by atoms with E-state index in [4.69, 9.17) is 22.1 Å². The lowest BCUT2D eigenvalue weighted by molar-refractivity contribution is 0.197. The second-order valence-electron chi connectivity index (χ2n) is 6.70. The van der Waals surface area contributed by atoms with E-state index in [1.54, 1.807) is 0 Å². The molecule has 1 saturated carbocycles. The Bertz CT molecular complexity index is 791. The van der Waals surface area contributed by atoms with Crippen LogP contribution in [0.25, 0.3) is 0 Å². The molecule has 0 atom stereocenters. The second-order valence-corrected chi connectivity index (χ2v) is 7.07. The Labute approximate surface area is 154 Å². The summed E-state index contributed by atoms with van der Waals surface area (Å²) in [6, 6.07) is 8.12. The minimum atomic E-state index is 0.567. The monoisotopic (exact) mass is 358 g/mol. The highest BCUT2D eigenvalue weighted by Crippen LogP contribution is 2.39. The number of aromatic nitrogens is 3. The van der Waals surface area contributed by atoms with Gasteiger partial charge in [0.05, 0.1) is 6.67 Å². The summed E-state index contributed by atoms with van der Waals surface area (Å²) < 4.78 is 10.6. The molecule has 1 aromatic carbocycles. The quantitative estimate of drug-likeness (QED) is 0.505. The molecule has 1 fully saturated rings. The molecule has 2 aromatic rings. The maximum Gasteiger partial charge on any atom is 0.199 e. The first-order chi connectivity index (χ1) is 12.1. The molecular formula is C19H26N4OS. The highest BCUT2D eigenvalue weighted by Gasteiger charge is 2.29. The third-order valence-corrected chi connectivity index (χ3v) is 4.74. The van der Waals surface area contributed by atoms with Crippen LogP contribution in [0.4, 0.5) is 0 Å². The van der Waals surface area contributed by atoms with Gasteiger partial charge in [0, 0.05) is 19.0 Å². The number of benzene rings is 1. The predicted molar refractivity (Wildman–Crippen MR) is 103 cm³/mol. The molecule has 25 heavy (non-hydrogen) atoms. The van der Waals surface area contributed by atoms with Gasteiger partial charge in [-0.2, -0.15) is 5.10 Å². The topological polar surface area (TPSA) is 35.2 Å². The second kappa shape index (κ2) is 7.97. The summed E-state index contributed by atoms with van der Waals surface area (Å²) in [6.45, 7) is 8.74. The van der Waals surface area contributed by atoms with E-state index in [1.807, 2.05) is 22.9 Å². The van der Waals surface area contributed by atoms with E-state index < -0.39 is 0 Å². The third kappa shape index (κ3) is 4.58. The van der Waals surface area contributed by atoms with Gasteiger partial charge in [0.15, 0.2) is 4.77 Å². The first kappa shape index (κ1) is 17.9. The van der Waals surface area contributed by atoms with Crippen molar-refractivity contribution in [3.63, 3.8) is 0 Å². The Morgan fingerprint density at radius 1 is 1.44 bits per heavy atom. The number of rotatable bonds is 9. The molecule has 134 valence electrons. The molecule has 0 saturated heterocycles. The number of aryl methyl sites for hydroxylation is 1. The molecule has 0 aliphatic heterocycles. The number of allylic oxidation sites excluding steroid dienone is 1. The van der Waals surface area contributed by atoms with Crippen LogP contribution in [0.1, 0.15) is 30.1 Å². The van der Waals surface area contributed by atoms with Gasteiger partial charge in [-0.25, -0.2) is 4.68 Å². The highest BCUT2D eigenvalue weighted by molar-refractivity contribution is 7.71. The Morgan fingerprint density at radius 3 is 2.92 bits per heavy atom. The zero-order valence-electron chi connectivity index (χ0n) is 15.0. The fraction of sp³-hybridized carbons (Fsp3) is 0.474. The van der Waals surface area contributed by atoms with Gasteiger partial charge >= 0.3 is 0 Å². The Hall–Kier alpha value is -1.92. The highest BCUT2D eigenvalue weighted by atomic mass is 32.1. The third-order valence-electron chi connectivity index (χ3n) is 4.31. The number of nitrogens with zero attached hydrogens (tertiary/aromatic N) is 4. The van der Waals surface area contributed by atoms with E-state index in [2.05, 4.69) is 42.2 Å². The first-order valence-corrected chi connectivity index (χ1v) is 9.15. The fourth-order valence-corrected chi connectivity index (χ4v) is 3.08. The van der Waals surface area contributed by atoms with Gasteiger partial charge in [-0.1, -0.05) is 18.2 Å². The first-order valence-electron chi connectivity index (χ1n) is 8.75. The molecule has 0 spiro atoms. The molecule has 0 unspecified atom stereocenters. The van der Waals surface area contributed by atoms with Crippen molar-refractivity contribution in [1.29, 1.82) is 0 Å². The predicted octanol–water partition coefficient (Wildman–Crippen LogP) is 3.75. The van der Waals surface area contributed by atoms with E-state index in [1.165, 1.54) is 18.4 Å². The van der Waals surface area contributed by atoms with Crippen molar-refractivity contribution in [2.75, 3.05) is 20.2 Å². The van der Waals surface area contributed by atoms with Crippen LogP contribution in [0.3, 0.4) is 0 Å². The maximum atomic E-state index is 5.83. The summed E-state index contributed by atoms with van der Waals surface area (Å²) in [6.07, 6.45) is 4.30. The molecule has 0 radical (unpaired) electrons. The van der Waals surface area contributed by atoms with Crippen LogP contribution in [0.2, 0.25) is 0 Å². The van der Waals surface area contributed by atoms with Gasteiger partial charge in [0.25, 0.3) is 0 Å². The summed E-state index contributed by atoms with van der Waals surface area (Å²) in [5.41, 5.74) is 1.21. The zero-order chi connectivity index (χ0) is 17.8. The van der Waals surface area contributed by atoms with Crippen LogP contribution in [-0.2, 0) is 13.2 Å². The smallest absolute Gasteiger partial charge is 0.199 e. The summed E-state index contributed by atoms with van der Waals surface area (Å²) in [5.74, 6) is 2.59. The van der Waals surface area contributed by atoms with Crippen molar-refractivity contribution < 1.29 is 4.74 Å². The Kier molecular flexibility index (Phi) is 5.71. The lowest BCUT2D eigenvalue weighted by Crippen LogP contribution is -2.27. The van der Waals surface area contributed by atoms with Crippen molar-refractivity contribution >= 4 is 12.2 Å². The molecule has 1 heterocycles. The van der Waals surface area contributed by atoms with Crippen molar-refractivity contribution in [2.24, 2.45) is 0 Å². The Balaban J connectivity index is 1.57. The average Bonchev–Trinajstić information content (AvgIpc) is 3.37. The van der Waals surface area contributed by atoms with Gasteiger partial charge in [-0.15, -0.1) is 6.58 Å². The number of likely N-dealkylation sites (N-methyl/N-ethyl adjacent to an activating group) is 1. The van der Waals surface area contributed by atoms with E-state index in [0.29, 0.717) is 19.2 Å². The molecule has 3 rings (SSSR count). The lowest BCUT2D eigenvalue weighted by Gasteiger charge is -2.16. The maximum absolute atomic E-state index is 5.83. The van der Waals surface area contributed by atoms with Gasteiger partial charge < -0.3 is 4.74 Å². The average molecular weight is 359 g/mol. The molecule has 0 N–H and O–H groups in total. The lowest BCUT2D eigenvalue weighted by atomic mass is 10.2. The van der Waals surface area contributed by atoms with Crippen molar-refractivity contribution in [3.8, 4) is 5.75 Å². The van der Waals surface area contributed by atoms with Crippen LogP contribution in [0.5, 0.6) is 5.75 Å². The van der Waals surface area contributed by atoms with Gasteiger partial charge in [-0.3, -0.25) is 9.47 Å². The fourth-order valence-electron chi connectivity index (χ4n) is 2.82. The molecule has 0 bridgehead atoms. The minimum Gasteiger partial charge on any atom is -0.492 e. The molecular weight excluding hydrogens is 332 g/mol. The number of hydrogen-bond donors (Lipinski definition) is 0. The summed E-state index contributed by atoms with van der Waals surface area (Å²) in [4.78, 5) is 2.17. The normalized spacial score (nSPS) is 14.0. The van der Waals surface area contributed by atoms with Crippen LogP contribution < -0.4 is 4.74 Å². The standard InChI is InChI=1S/C19H26N4OS/c1-4-10-22-18(16-8-9-16)20-23(19(22)25)14-21(3)11-12-24-17-7-5-6-15(2)13-17/h4-7,13,16H,1,8-12,14H2,2-3H3. The van der Waals surface area contributed by atoms with Crippen LogP contribution in [0.15, 0.2) is 36.9 Å². The summed E-state index contributed by atoms with van der Waals surface area (Å²) in [7, 11) is 2.06. The van der Waals surface area contributed by atoms with Crippen molar-refractivity contribution in [1.82, 2.24) is 19.2 Å².